The van der Waals surface area contributed by atoms with Gasteiger partial charge in [-0.25, -0.2) is 4.98 Å². The van der Waals surface area contributed by atoms with Crippen LogP contribution in [0, 0.1) is 0 Å². The maximum Gasteiger partial charge on any atom is 0.255 e. The highest BCUT2D eigenvalue weighted by molar-refractivity contribution is 5.98. The van der Waals surface area contributed by atoms with Crippen molar-refractivity contribution in [3.8, 4) is 5.75 Å². The molecule has 0 saturated heterocycles. The van der Waals surface area contributed by atoms with Gasteiger partial charge in [0.1, 0.15) is 24.0 Å². The molecule has 132 valence electrons. The number of nitrogens with zero attached hydrogens (tertiary/aromatic N) is 1. The van der Waals surface area contributed by atoms with E-state index in [-0.39, 0.29) is 17.5 Å². The molecule has 0 saturated carbocycles. The van der Waals surface area contributed by atoms with Crippen LogP contribution in [0.2, 0.25) is 0 Å². The third-order valence-corrected chi connectivity index (χ3v) is 3.82. The van der Waals surface area contributed by atoms with Gasteiger partial charge >= 0.3 is 0 Å². The summed E-state index contributed by atoms with van der Waals surface area (Å²) in [4.78, 5) is 16.1. The predicted octanol–water partition coefficient (Wildman–Crippen LogP) is 2.76. The van der Waals surface area contributed by atoms with Crippen LogP contribution in [-0.4, -0.2) is 10.9 Å². The van der Waals surface area contributed by atoms with Crippen molar-refractivity contribution >= 4 is 17.5 Å². The van der Waals surface area contributed by atoms with Gasteiger partial charge in [-0.2, -0.15) is 0 Å². The minimum Gasteiger partial charge on any atom is -0.489 e. The molecule has 1 aromatic heterocycles. The standard InChI is InChI=1S/C20H20N4O2/c21-18-11-10-17(19(22)24-18)20(25)23-12-14-6-8-15(9-7-14)13-26-16-4-2-1-3-5-16/h1-11H,12-13H2,(H,23,25)(H4,21,22,24). The van der Waals surface area contributed by atoms with Gasteiger partial charge < -0.3 is 21.5 Å². The van der Waals surface area contributed by atoms with E-state index >= 15 is 0 Å². The van der Waals surface area contributed by atoms with Crippen LogP contribution in [0.3, 0.4) is 0 Å². The van der Waals surface area contributed by atoms with Gasteiger partial charge in [-0.15, -0.1) is 0 Å². The second-order valence-electron chi connectivity index (χ2n) is 5.77. The number of amides is 1. The molecule has 1 heterocycles. The van der Waals surface area contributed by atoms with Gasteiger partial charge in [0.05, 0.1) is 5.56 Å². The first-order valence-corrected chi connectivity index (χ1v) is 8.17. The number of aromatic nitrogens is 1. The van der Waals surface area contributed by atoms with E-state index in [1.165, 1.54) is 0 Å². The Morgan fingerprint density at radius 1 is 0.923 bits per heavy atom. The molecule has 1 amide bonds. The molecule has 0 fully saturated rings. The van der Waals surface area contributed by atoms with Gasteiger partial charge in [-0.1, -0.05) is 42.5 Å². The van der Waals surface area contributed by atoms with Crippen LogP contribution in [0.4, 0.5) is 11.6 Å². The van der Waals surface area contributed by atoms with E-state index in [4.69, 9.17) is 16.2 Å². The van der Waals surface area contributed by atoms with Crippen molar-refractivity contribution in [1.29, 1.82) is 0 Å². The fourth-order valence-electron chi connectivity index (χ4n) is 2.40. The van der Waals surface area contributed by atoms with Crippen LogP contribution in [0.5, 0.6) is 5.75 Å². The third kappa shape index (κ3) is 4.51. The lowest BCUT2D eigenvalue weighted by molar-refractivity contribution is 0.0951. The average Bonchev–Trinajstić information content (AvgIpc) is 2.66. The van der Waals surface area contributed by atoms with E-state index in [0.29, 0.717) is 18.7 Å². The van der Waals surface area contributed by atoms with Gasteiger partial charge in [0.25, 0.3) is 5.91 Å². The van der Waals surface area contributed by atoms with Gasteiger partial charge in [0.2, 0.25) is 0 Å². The Morgan fingerprint density at radius 3 is 2.31 bits per heavy atom. The zero-order chi connectivity index (χ0) is 18.4. The van der Waals surface area contributed by atoms with Crippen molar-refractivity contribution in [2.45, 2.75) is 13.2 Å². The number of hydrogen-bond donors (Lipinski definition) is 3. The molecule has 3 rings (SSSR count). The number of hydrogen-bond acceptors (Lipinski definition) is 5. The molecular weight excluding hydrogens is 328 g/mol. The van der Waals surface area contributed by atoms with Crippen molar-refractivity contribution in [2.75, 3.05) is 11.5 Å². The number of nitrogen functional groups attached to an aromatic ring is 2. The summed E-state index contributed by atoms with van der Waals surface area (Å²) < 4.78 is 5.71. The Kier molecular flexibility index (Phi) is 5.34. The summed E-state index contributed by atoms with van der Waals surface area (Å²) in [6, 6.07) is 20.6. The van der Waals surface area contributed by atoms with Crippen LogP contribution in [0.15, 0.2) is 66.7 Å². The molecule has 0 radical (unpaired) electrons. The SMILES string of the molecule is Nc1ccc(C(=O)NCc2ccc(COc3ccccc3)cc2)c(N)n1. The number of pyridine rings is 1. The Hall–Kier alpha value is -3.54. The van der Waals surface area contributed by atoms with E-state index in [0.717, 1.165) is 16.9 Å². The number of benzene rings is 2. The Labute approximate surface area is 151 Å². The average molecular weight is 348 g/mol. The third-order valence-electron chi connectivity index (χ3n) is 3.82. The second-order valence-corrected chi connectivity index (χ2v) is 5.77. The summed E-state index contributed by atoms with van der Waals surface area (Å²) in [6.45, 7) is 0.882. The fraction of sp³-hybridized carbons (Fsp3) is 0.100. The van der Waals surface area contributed by atoms with E-state index in [1.807, 2.05) is 54.6 Å². The van der Waals surface area contributed by atoms with E-state index in [2.05, 4.69) is 10.3 Å². The second kappa shape index (κ2) is 8.02. The van der Waals surface area contributed by atoms with Gasteiger partial charge in [-0.3, -0.25) is 4.79 Å². The summed E-state index contributed by atoms with van der Waals surface area (Å²) in [7, 11) is 0. The lowest BCUT2D eigenvalue weighted by Crippen LogP contribution is -2.24. The fourth-order valence-corrected chi connectivity index (χ4v) is 2.40. The molecule has 0 aliphatic carbocycles. The van der Waals surface area contributed by atoms with Crippen molar-refractivity contribution in [2.24, 2.45) is 0 Å². The Morgan fingerprint density at radius 2 is 1.62 bits per heavy atom. The van der Waals surface area contributed by atoms with E-state index < -0.39 is 0 Å². The highest BCUT2D eigenvalue weighted by atomic mass is 16.5. The van der Waals surface area contributed by atoms with Crippen LogP contribution in [-0.2, 0) is 13.2 Å². The molecule has 2 aromatic carbocycles. The zero-order valence-electron chi connectivity index (χ0n) is 14.2. The number of para-hydroxylation sites is 1. The number of ether oxygens (including phenoxy) is 1. The minimum absolute atomic E-state index is 0.121. The Bertz CT molecular complexity index is 880. The molecule has 26 heavy (non-hydrogen) atoms. The number of carbonyl (C=O) groups excluding carboxylic acids is 1. The van der Waals surface area contributed by atoms with Gasteiger partial charge in [0.15, 0.2) is 0 Å². The molecule has 6 nitrogen and oxygen atoms in total. The van der Waals surface area contributed by atoms with Crippen molar-refractivity contribution in [1.82, 2.24) is 10.3 Å². The topological polar surface area (TPSA) is 103 Å². The number of carbonyl (C=O) groups is 1. The molecule has 0 unspecified atom stereocenters. The highest BCUT2D eigenvalue weighted by Crippen LogP contribution is 2.13. The quantitative estimate of drug-likeness (QED) is 0.635. The monoisotopic (exact) mass is 348 g/mol. The summed E-state index contributed by atoms with van der Waals surface area (Å²) in [5, 5.41) is 2.82. The van der Waals surface area contributed by atoms with Gasteiger partial charge in [-0.05, 0) is 35.4 Å². The van der Waals surface area contributed by atoms with Crippen LogP contribution < -0.4 is 21.5 Å². The molecule has 0 aliphatic rings. The molecule has 0 aliphatic heterocycles. The van der Waals surface area contributed by atoms with Crippen molar-refractivity contribution in [3.63, 3.8) is 0 Å². The Balaban J connectivity index is 1.53. The lowest BCUT2D eigenvalue weighted by Gasteiger charge is -2.09. The largest absolute Gasteiger partial charge is 0.489 e. The normalized spacial score (nSPS) is 10.3. The maximum absolute atomic E-state index is 12.2. The first-order chi connectivity index (χ1) is 12.6. The summed E-state index contributed by atoms with van der Waals surface area (Å²) in [5.41, 5.74) is 13.6. The molecule has 6 heteroatoms. The summed E-state index contributed by atoms with van der Waals surface area (Å²) >= 11 is 0. The van der Waals surface area contributed by atoms with E-state index in [1.54, 1.807) is 12.1 Å². The molecule has 5 N–H and O–H groups in total. The number of anilines is 2. The van der Waals surface area contributed by atoms with E-state index in [9.17, 15) is 4.79 Å². The smallest absolute Gasteiger partial charge is 0.255 e. The van der Waals surface area contributed by atoms with Crippen molar-refractivity contribution in [3.05, 3.63) is 83.4 Å². The highest BCUT2D eigenvalue weighted by Gasteiger charge is 2.10. The summed E-state index contributed by atoms with van der Waals surface area (Å²) in [5.74, 6) is 0.952. The first-order valence-electron chi connectivity index (χ1n) is 8.17. The summed E-state index contributed by atoms with van der Waals surface area (Å²) in [6.07, 6.45) is 0. The molecule has 0 spiro atoms. The molecule has 0 atom stereocenters. The van der Waals surface area contributed by atoms with Crippen LogP contribution in [0.25, 0.3) is 0 Å². The van der Waals surface area contributed by atoms with Crippen LogP contribution in [0.1, 0.15) is 21.5 Å². The first kappa shape index (κ1) is 17.3. The number of nitrogens with two attached hydrogens (primary N) is 2. The molecule has 0 bridgehead atoms. The van der Waals surface area contributed by atoms with Gasteiger partial charge in [0, 0.05) is 6.54 Å². The lowest BCUT2D eigenvalue weighted by atomic mass is 10.1. The minimum atomic E-state index is -0.286. The van der Waals surface area contributed by atoms with Crippen LogP contribution >= 0.6 is 0 Å². The zero-order valence-corrected chi connectivity index (χ0v) is 14.2. The molecule has 3 aromatic rings. The maximum atomic E-state index is 12.2. The molecular formula is C20H20N4O2. The number of nitrogens with one attached hydrogen (secondary N) is 1. The van der Waals surface area contributed by atoms with Crippen molar-refractivity contribution < 1.29 is 9.53 Å². The number of rotatable bonds is 6. The predicted molar refractivity (Wildman–Crippen MR) is 101 cm³/mol.